The summed E-state index contributed by atoms with van der Waals surface area (Å²) in [4.78, 5) is 41.8. The Bertz CT molecular complexity index is 604. The lowest BCUT2D eigenvalue weighted by molar-refractivity contribution is -0.132. The maximum absolute atomic E-state index is 12.4. The molecule has 0 aliphatic carbocycles. The number of aromatic nitrogens is 1. The van der Waals surface area contributed by atoms with E-state index in [2.05, 4.69) is 27.9 Å². The second kappa shape index (κ2) is 8.62. The van der Waals surface area contributed by atoms with Crippen molar-refractivity contribution in [3.8, 4) is 0 Å². The number of amides is 4. The summed E-state index contributed by atoms with van der Waals surface area (Å²) in [5.74, 6) is -0.586. The number of carbonyl (C=O) groups is 3. The van der Waals surface area contributed by atoms with Crippen LogP contribution in [0.15, 0.2) is 5.38 Å². The van der Waals surface area contributed by atoms with Crippen molar-refractivity contribution < 1.29 is 14.4 Å². The lowest BCUT2D eigenvalue weighted by atomic mass is 10.1. The van der Waals surface area contributed by atoms with E-state index in [0.717, 1.165) is 23.5 Å². The number of hydrogen-bond acceptors (Lipinski definition) is 5. The molecule has 1 atom stereocenters. The minimum absolute atomic E-state index is 0.0485. The van der Waals surface area contributed by atoms with Gasteiger partial charge < -0.3 is 20.9 Å². The summed E-state index contributed by atoms with van der Waals surface area (Å²) in [7, 11) is 1.50. The van der Waals surface area contributed by atoms with Crippen molar-refractivity contribution >= 4 is 29.2 Å². The van der Waals surface area contributed by atoms with Crippen molar-refractivity contribution in [2.75, 3.05) is 20.1 Å². The van der Waals surface area contributed by atoms with Gasteiger partial charge >= 0.3 is 6.03 Å². The van der Waals surface area contributed by atoms with Crippen LogP contribution in [-0.4, -0.2) is 53.9 Å². The first-order valence-corrected chi connectivity index (χ1v) is 8.89. The Morgan fingerprint density at radius 3 is 3.00 bits per heavy atom. The Morgan fingerprint density at radius 2 is 2.29 bits per heavy atom. The maximum Gasteiger partial charge on any atom is 0.318 e. The summed E-state index contributed by atoms with van der Waals surface area (Å²) >= 11 is 1.58. The highest BCUT2D eigenvalue weighted by Crippen LogP contribution is 2.13. The summed E-state index contributed by atoms with van der Waals surface area (Å²) < 4.78 is 0. The highest BCUT2D eigenvalue weighted by Gasteiger charge is 2.34. The minimum atomic E-state index is -0.787. The second-order valence-electron chi connectivity index (χ2n) is 5.52. The summed E-state index contributed by atoms with van der Waals surface area (Å²) in [6.45, 7) is 3.16. The first-order chi connectivity index (χ1) is 11.5. The van der Waals surface area contributed by atoms with E-state index in [9.17, 15) is 14.4 Å². The van der Waals surface area contributed by atoms with Crippen molar-refractivity contribution in [3.63, 3.8) is 0 Å². The van der Waals surface area contributed by atoms with Gasteiger partial charge in [-0.1, -0.05) is 6.92 Å². The van der Waals surface area contributed by atoms with Gasteiger partial charge in [0.2, 0.25) is 11.8 Å². The highest BCUT2D eigenvalue weighted by atomic mass is 32.1. The number of carbonyl (C=O) groups excluding carboxylic acids is 3. The van der Waals surface area contributed by atoms with Crippen LogP contribution in [0.4, 0.5) is 4.79 Å². The molecule has 132 valence electrons. The van der Waals surface area contributed by atoms with Gasteiger partial charge in [-0.2, -0.15) is 0 Å². The molecule has 0 saturated carbocycles. The Morgan fingerprint density at radius 1 is 1.50 bits per heavy atom. The molecule has 1 aromatic heterocycles. The molecule has 0 spiro atoms. The van der Waals surface area contributed by atoms with Crippen molar-refractivity contribution in [3.05, 3.63) is 16.1 Å². The molecule has 0 radical (unpaired) electrons. The van der Waals surface area contributed by atoms with Crippen molar-refractivity contribution in [1.29, 1.82) is 0 Å². The number of thiazole rings is 1. The SMILES string of the molecule is CCCc1nc(CNC(=O)N2CCNC(=O)[C@H]2CC(=O)NC)cs1. The predicted molar refractivity (Wildman–Crippen MR) is 90.5 cm³/mol. The summed E-state index contributed by atoms with van der Waals surface area (Å²) in [5, 5.41) is 10.9. The topological polar surface area (TPSA) is 103 Å². The van der Waals surface area contributed by atoms with Gasteiger partial charge in [0, 0.05) is 25.5 Å². The third-order valence-electron chi connectivity index (χ3n) is 3.73. The van der Waals surface area contributed by atoms with Gasteiger partial charge in [0.05, 0.1) is 23.7 Å². The molecule has 4 amide bonds. The molecule has 3 N–H and O–H groups in total. The smallest absolute Gasteiger partial charge is 0.318 e. The molecular formula is C15H23N5O3S. The molecule has 0 aromatic carbocycles. The number of nitrogens with one attached hydrogen (secondary N) is 3. The molecule has 8 nitrogen and oxygen atoms in total. The van der Waals surface area contributed by atoms with Crippen LogP contribution in [0.3, 0.4) is 0 Å². The van der Waals surface area contributed by atoms with Crippen LogP contribution in [0.25, 0.3) is 0 Å². The Hall–Kier alpha value is -2.16. The molecule has 2 heterocycles. The molecule has 1 fully saturated rings. The van der Waals surface area contributed by atoms with Gasteiger partial charge in [-0.15, -0.1) is 11.3 Å². The zero-order chi connectivity index (χ0) is 17.5. The number of hydrogen-bond donors (Lipinski definition) is 3. The van der Waals surface area contributed by atoms with Crippen LogP contribution in [-0.2, 0) is 22.6 Å². The number of urea groups is 1. The quantitative estimate of drug-likeness (QED) is 0.682. The first kappa shape index (κ1) is 18.2. The van der Waals surface area contributed by atoms with E-state index in [1.807, 2.05) is 5.38 Å². The zero-order valence-electron chi connectivity index (χ0n) is 13.9. The van der Waals surface area contributed by atoms with Gasteiger partial charge in [-0.25, -0.2) is 9.78 Å². The molecule has 9 heteroatoms. The van der Waals surface area contributed by atoms with Crippen LogP contribution in [0.2, 0.25) is 0 Å². The van der Waals surface area contributed by atoms with E-state index in [4.69, 9.17) is 0 Å². The van der Waals surface area contributed by atoms with Crippen LogP contribution in [0.5, 0.6) is 0 Å². The lowest BCUT2D eigenvalue weighted by Gasteiger charge is -2.34. The van der Waals surface area contributed by atoms with Crippen molar-refractivity contribution in [2.24, 2.45) is 0 Å². The third kappa shape index (κ3) is 4.67. The normalized spacial score (nSPS) is 17.3. The monoisotopic (exact) mass is 353 g/mol. The Labute approximate surface area is 145 Å². The summed E-state index contributed by atoms with van der Waals surface area (Å²) in [5.41, 5.74) is 0.807. The number of aryl methyl sites for hydroxylation is 1. The van der Waals surface area contributed by atoms with E-state index in [1.54, 1.807) is 11.3 Å². The molecule has 1 aromatic rings. The van der Waals surface area contributed by atoms with Crippen molar-refractivity contribution in [2.45, 2.75) is 38.8 Å². The van der Waals surface area contributed by atoms with Gasteiger partial charge in [0.25, 0.3) is 0 Å². The maximum atomic E-state index is 12.4. The number of piperazine rings is 1. The third-order valence-corrected chi connectivity index (χ3v) is 4.69. The van der Waals surface area contributed by atoms with Crippen molar-refractivity contribution in [1.82, 2.24) is 25.8 Å². The second-order valence-corrected chi connectivity index (χ2v) is 6.46. The van der Waals surface area contributed by atoms with Gasteiger partial charge in [-0.3, -0.25) is 9.59 Å². The molecule has 1 saturated heterocycles. The predicted octanol–water partition coefficient (Wildman–Crippen LogP) is 0.242. The molecule has 0 bridgehead atoms. The minimum Gasteiger partial charge on any atom is -0.359 e. The van der Waals surface area contributed by atoms with Crippen LogP contribution < -0.4 is 16.0 Å². The number of nitrogens with zero attached hydrogens (tertiary/aromatic N) is 2. The van der Waals surface area contributed by atoms with E-state index in [-0.39, 0.29) is 24.3 Å². The molecule has 24 heavy (non-hydrogen) atoms. The van der Waals surface area contributed by atoms with Crippen LogP contribution >= 0.6 is 11.3 Å². The standard InChI is InChI=1S/C15H23N5O3S/c1-3-4-13-19-10(9-24-13)8-18-15(23)20-6-5-17-14(22)11(20)7-12(21)16-2/h9,11H,3-8H2,1-2H3,(H,16,21)(H,17,22)(H,18,23)/t11-/m1/s1. The van der Waals surface area contributed by atoms with E-state index >= 15 is 0 Å². The van der Waals surface area contributed by atoms with Crippen LogP contribution in [0, 0.1) is 0 Å². The van der Waals surface area contributed by atoms with Gasteiger partial charge in [0.15, 0.2) is 0 Å². The molecule has 2 rings (SSSR count). The fourth-order valence-corrected chi connectivity index (χ4v) is 3.36. The molecule has 0 unspecified atom stereocenters. The fourth-order valence-electron chi connectivity index (χ4n) is 2.46. The van der Waals surface area contributed by atoms with E-state index in [1.165, 1.54) is 11.9 Å². The highest BCUT2D eigenvalue weighted by molar-refractivity contribution is 7.09. The first-order valence-electron chi connectivity index (χ1n) is 8.01. The van der Waals surface area contributed by atoms with Crippen LogP contribution in [0.1, 0.15) is 30.5 Å². The molecular weight excluding hydrogens is 330 g/mol. The summed E-state index contributed by atoms with van der Waals surface area (Å²) in [6.07, 6.45) is 1.91. The number of rotatable bonds is 6. The zero-order valence-corrected chi connectivity index (χ0v) is 14.7. The van der Waals surface area contributed by atoms with Gasteiger partial charge in [0.1, 0.15) is 6.04 Å². The largest absolute Gasteiger partial charge is 0.359 e. The molecule has 1 aliphatic rings. The van der Waals surface area contributed by atoms with Gasteiger partial charge in [-0.05, 0) is 12.8 Å². The summed E-state index contributed by atoms with van der Waals surface area (Å²) in [6, 6.07) is -1.14. The molecule has 1 aliphatic heterocycles. The average Bonchev–Trinajstić information content (AvgIpc) is 3.02. The fraction of sp³-hybridized carbons (Fsp3) is 0.600. The Balaban J connectivity index is 1.94. The van der Waals surface area contributed by atoms with E-state index < -0.39 is 6.04 Å². The average molecular weight is 353 g/mol. The Kier molecular flexibility index (Phi) is 6.53. The lowest BCUT2D eigenvalue weighted by Crippen LogP contribution is -2.60. The van der Waals surface area contributed by atoms with E-state index in [0.29, 0.717) is 19.6 Å².